The molecule has 4 nitrogen and oxygen atoms in total. The van der Waals surface area contributed by atoms with Crippen molar-refractivity contribution < 1.29 is 4.39 Å². The van der Waals surface area contributed by atoms with Gasteiger partial charge in [0, 0.05) is 12.7 Å². The van der Waals surface area contributed by atoms with Gasteiger partial charge in [-0.05, 0) is 30.7 Å². The van der Waals surface area contributed by atoms with Crippen LogP contribution in [0.3, 0.4) is 0 Å². The fourth-order valence-corrected chi connectivity index (χ4v) is 1.70. The largest absolute Gasteiger partial charge is 0.382 e. The van der Waals surface area contributed by atoms with Gasteiger partial charge in [0.1, 0.15) is 17.5 Å². The molecular formula is C12H11FN4. The summed E-state index contributed by atoms with van der Waals surface area (Å²) in [4.78, 5) is 4.05. The number of anilines is 1. The second-order valence-corrected chi connectivity index (χ2v) is 3.80. The van der Waals surface area contributed by atoms with Gasteiger partial charge in [0.2, 0.25) is 0 Å². The Bertz CT molecular complexity index is 595. The normalized spacial score (nSPS) is 10.2. The van der Waals surface area contributed by atoms with Gasteiger partial charge in [0.15, 0.2) is 0 Å². The molecule has 0 bridgehead atoms. The van der Waals surface area contributed by atoms with Crippen molar-refractivity contribution in [1.82, 2.24) is 9.55 Å². The van der Waals surface area contributed by atoms with E-state index in [2.05, 4.69) is 4.98 Å². The van der Waals surface area contributed by atoms with Crippen molar-refractivity contribution in [3.63, 3.8) is 0 Å². The molecule has 0 amide bonds. The van der Waals surface area contributed by atoms with Gasteiger partial charge in [-0.2, -0.15) is 5.26 Å². The van der Waals surface area contributed by atoms with Crippen LogP contribution in [0, 0.1) is 24.1 Å². The summed E-state index contributed by atoms with van der Waals surface area (Å²) in [6.45, 7) is 2.27. The van der Waals surface area contributed by atoms with Gasteiger partial charge in [0.25, 0.3) is 0 Å². The number of nitrogens with zero attached hydrogens (tertiary/aromatic N) is 3. The number of nitrogens with two attached hydrogens (primary N) is 1. The van der Waals surface area contributed by atoms with Gasteiger partial charge in [-0.25, -0.2) is 9.37 Å². The lowest BCUT2D eigenvalue weighted by Gasteiger charge is -2.05. The summed E-state index contributed by atoms with van der Waals surface area (Å²) in [6.07, 6.45) is 1.69. The molecule has 17 heavy (non-hydrogen) atoms. The minimum absolute atomic E-state index is 0.311. The summed E-state index contributed by atoms with van der Waals surface area (Å²) in [5.74, 6) is 0.773. The highest BCUT2D eigenvalue weighted by Crippen LogP contribution is 2.12. The molecule has 1 aromatic carbocycles. The molecule has 0 fully saturated rings. The van der Waals surface area contributed by atoms with E-state index in [9.17, 15) is 4.39 Å². The molecule has 2 aromatic rings. The van der Waals surface area contributed by atoms with Gasteiger partial charge < -0.3 is 10.3 Å². The highest BCUT2D eigenvalue weighted by atomic mass is 19.1. The molecule has 0 spiro atoms. The zero-order valence-electron chi connectivity index (χ0n) is 9.31. The van der Waals surface area contributed by atoms with Crippen LogP contribution in [-0.4, -0.2) is 9.55 Å². The summed E-state index contributed by atoms with van der Waals surface area (Å²) >= 11 is 0. The summed E-state index contributed by atoms with van der Waals surface area (Å²) in [6, 6.07) is 6.18. The summed E-state index contributed by atoms with van der Waals surface area (Å²) in [7, 11) is 0. The monoisotopic (exact) mass is 230 g/mol. The fraction of sp³-hybridized carbons (Fsp3) is 0.167. The number of halogens is 1. The smallest absolute Gasteiger partial charge is 0.141 e. The first-order valence-corrected chi connectivity index (χ1v) is 5.07. The first kappa shape index (κ1) is 11.1. The first-order valence-electron chi connectivity index (χ1n) is 5.07. The van der Waals surface area contributed by atoms with Crippen LogP contribution in [0.1, 0.15) is 17.0 Å². The molecule has 1 aromatic heterocycles. The molecule has 1 heterocycles. The van der Waals surface area contributed by atoms with Crippen molar-refractivity contribution in [2.45, 2.75) is 13.5 Å². The number of imidazole rings is 1. The molecule has 0 saturated heterocycles. The summed E-state index contributed by atoms with van der Waals surface area (Å²) < 4.78 is 15.0. The van der Waals surface area contributed by atoms with Gasteiger partial charge in [-0.15, -0.1) is 0 Å². The maximum atomic E-state index is 13.2. The van der Waals surface area contributed by atoms with E-state index in [0.29, 0.717) is 23.5 Å². The van der Waals surface area contributed by atoms with Crippen molar-refractivity contribution in [3.05, 3.63) is 47.2 Å². The Hall–Kier alpha value is -2.35. The second-order valence-electron chi connectivity index (χ2n) is 3.80. The number of benzene rings is 1. The predicted molar refractivity (Wildman–Crippen MR) is 61.6 cm³/mol. The molecule has 0 radical (unpaired) electrons. The molecule has 0 unspecified atom stereocenters. The Morgan fingerprint density at radius 3 is 2.82 bits per heavy atom. The fourth-order valence-electron chi connectivity index (χ4n) is 1.70. The SMILES string of the molecule is Cc1nc(N)cn1Cc1cc(F)cc(C#N)c1. The number of aromatic nitrogens is 2. The van der Waals surface area contributed by atoms with Crippen molar-refractivity contribution >= 4 is 5.82 Å². The summed E-state index contributed by atoms with van der Waals surface area (Å²) in [5, 5.41) is 8.76. The van der Waals surface area contributed by atoms with Gasteiger partial charge in [-0.3, -0.25) is 0 Å². The number of nitriles is 1. The van der Waals surface area contributed by atoms with E-state index in [4.69, 9.17) is 11.0 Å². The molecule has 0 saturated carbocycles. The minimum Gasteiger partial charge on any atom is -0.382 e. The van der Waals surface area contributed by atoms with Crippen molar-refractivity contribution in [1.29, 1.82) is 5.26 Å². The Labute approximate surface area is 98.1 Å². The maximum Gasteiger partial charge on any atom is 0.141 e. The second kappa shape index (κ2) is 4.26. The Balaban J connectivity index is 2.33. The zero-order valence-corrected chi connectivity index (χ0v) is 9.31. The van der Waals surface area contributed by atoms with E-state index in [1.54, 1.807) is 12.3 Å². The van der Waals surface area contributed by atoms with Crippen molar-refractivity contribution in [3.8, 4) is 6.07 Å². The van der Waals surface area contributed by atoms with Crippen LogP contribution in [0.4, 0.5) is 10.2 Å². The van der Waals surface area contributed by atoms with E-state index in [-0.39, 0.29) is 0 Å². The quantitative estimate of drug-likeness (QED) is 0.855. The zero-order chi connectivity index (χ0) is 12.4. The lowest BCUT2D eigenvalue weighted by atomic mass is 10.1. The van der Waals surface area contributed by atoms with Crippen LogP contribution in [0.25, 0.3) is 0 Å². The van der Waals surface area contributed by atoms with Gasteiger partial charge in [0.05, 0.1) is 11.6 Å². The molecule has 2 rings (SSSR count). The predicted octanol–water partition coefficient (Wildman–Crippen LogP) is 1.83. The lowest BCUT2D eigenvalue weighted by Crippen LogP contribution is -2.01. The van der Waals surface area contributed by atoms with Crippen molar-refractivity contribution in [2.24, 2.45) is 0 Å². The lowest BCUT2D eigenvalue weighted by molar-refractivity contribution is 0.622. The third-order valence-corrected chi connectivity index (χ3v) is 2.43. The van der Waals surface area contributed by atoms with E-state index in [1.807, 2.05) is 17.6 Å². The molecule has 2 N–H and O–H groups in total. The van der Waals surface area contributed by atoms with Crippen LogP contribution in [0.5, 0.6) is 0 Å². The van der Waals surface area contributed by atoms with Crippen molar-refractivity contribution in [2.75, 3.05) is 5.73 Å². The molecule has 0 aliphatic heterocycles. The van der Waals surface area contributed by atoms with Crippen LogP contribution in [-0.2, 0) is 6.54 Å². The first-order chi connectivity index (χ1) is 8.08. The molecule has 0 aliphatic carbocycles. The third-order valence-electron chi connectivity index (χ3n) is 2.43. The van der Waals surface area contributed by atoms with E-state index in [1.165, 1.54) is 12.1 Å². The van der Waals surface area contributed by atoms with Crippen LogP contribution in [0.15, 0.2) is 24.4 Å². The third kappa shape index (κ3) is 2.42. The standard InChI is InChI=1S/C12H11FN4/c1-8-16-12(15)7-17(8)6-10-2-9(5-14)3-11(13)4-10/h2-4,7H,6,15H2,1H3. The van der Waals surface area contributed by atoms with E-state index in [0.717, 1.165) is 5.82 Å². The Morgan fingerprint density at radius 1 is 1.47 bits per heavy atom. The van der Waals surface area contributed by atoms with Gasteiger partial charge in [-0.1, -0.05) is 0 Å². The van der Waals surface area contributed by atoms with Gasteiger partial charge >= 0.3 is 0 Å². The Morgan fingerprint density at radius 2 is 2.24 bits per heavy atom. The number of hydrogen-bond donors (Lipinski definition) is 1. The molecule has 0 atom stereocenters. The highest BCUT2D eigenvalue weighted by Gasteiger charge is 2.05. The summed E-state index contributed by atoms with van der Waals surface area (Å²) in [5.41, 5.74) is 6.58. The maximum absolute atomic E-state index is 13.2. The van der Waals surface area contributed by atoms with E-state index >= 15 is 0 Å². The molecule has 0 aliphatic rings. The molecular weight excluding hydrogens is 219 g/mol. The molecule has 5 heteroatoms. The topological polar surface area (TPSA) is 67.6 Å². The molecule has 86 valence electrons. The number of rotatable bonds is 2. The Kier molecular flexibility index (Phi) is 2.79. The number of aryl methyl sites for hydroxylation is 1. The average Bonchev–Trinajstić information content (AvgIpc) is 2.56. The number of hydrogen-bond acceptors (Lipinski definition) is 3. The van der Waals surface area contributed by atoms with Crippen LogP contribution in [0.2, 0.25) is 0 Å². The van der Waals surface area contributed by atoms with Crippen LogP contribution >= 0.6 is 0 Å². The van der Waals surface area contributed by atoms with Crippen LogP contribution < -0.4 is 5.73 Å². The highest BCUT2D eigenvalue weighted by molar-refractivity contribution is 5.34. The van der Waals surface area contributed by atoms with E-state index < -0.39 is 5.82 Å². The minimum atomic E-state index is -0.412. The number of nitrogen functional groups attached to an aromatic ring is 1. The average molecular weight is 230 g/mol.